The summed E-state index contributed by atoms with van der Waals surface area (Å²) >= 11 is 11.9. The van der Waals surface area contributed by atoms with Gasteiger partial charge in [-0.3, -0.25) is 0 Å². The minimum atomic E-state index is -0.232. The van der Waals surface area contributed by atoms with E-state index in [9.17, 15) is 0 Å². The summed E-state index contributed by atoms with van der Waals surface area (Å²) in [6.45, 7) is 2.50. The molecular formula is C24H19ClN4O2S. The summed E-state index contributed by atoms with van der Waals surface area (Å²) in [6.07, 6.45) is 1.65. The SMILES string of the molecule is CC1=C(c2nc(-c3cccc(Cl)c3)no2)C(c2ccccc2)NC(=S)N1Cc1ccco1. The molecule has 1 unspecified atom stereocenters. The minimum Gasteiger partial charge on any atom is -0.467 e. The number of rotatable bonds is 5. The van der Waals surface area contributed by atoms with E-state index in [0.29, 0.717) is 28.4 Å². The molecular weight excluding hydrogens is 444 g/mol. The number of allylic oxidation sites excluding steroid dienone is 1. The third-order valence-corrected chi connectivity index (χ3v) is 5.94. The van der Waals surface area contributed by atoms with Crippen LogP contribution in [0.5, 0.6) is 0 Å². The Kier molecular flexibility index (Phi) is 5.51. The van der Waals surface area contributed by atoms with Crippen molar-refractivity contribution in [1.29, 1.82) is 0 Å². The van der Waals surface area contributed by atoms with Gasteiger partial charge in [0.1, 0.15) is 5.76 Å². The van der Waals surface area contributed by atoms with Crippen molar-refractivity contribution in [3.63, 3.8) is 0 Å². The standard InChI is InChI=1S/C24H19ClN4O2S/c1-15-20(23-27-22(28-31-23)17-9-5-10-18(25)13-17)21(16-7-3-2-4-8-16)26-24(32)29(15)14-19-11-6-12-30-19/h2-13,21H,14H2,1H3,(H,26,32). The second-order valence-corrected chi connectivity index (χ2v) is 8.21. The second kappa shape index (κ2) is 8.61. The topological polar surface area (TPSA) is 67.3 Å². The molecule has 1 aliphatic rings. The fourth-order valence-corrected chi connectivity index (χ4v) is 4.29. The van der Waals surface area contributed by atoms with Gasteiger partial charge >= 0.3 is 0 Å². The van der Waals surface area contributed by atoms with Crippen LogP contribution in [0.1, 0.15) is 30.2 Å². The molecule has 6 nitrogen and oxygen atoms in total. The molecule has 5 rings (SSSR count). The van der Waals surface area contributed by atoms with E-state index in [-0.39, 0.29) is 6.04 Å². The Bertz CT molecular complexity index is 1280. The first-order valence-corrected chi connectivity index (χ1v) is 10.8. The first-order valence-electron chi connectivity index (χ1n) is 10.1. The molecule has 2 aromatic carbocycles. The number of furan rings is 1. The Hall–Kier alpha value is -3.42. The summed E-state index contributed by atoms with van der Waals surface area (Å²) in [5.41, 5.74) is 3.61. The third-order valence-electron chi connectivity index (χ3n) is 5.36. The zero-order chi connectivity index (χ0) is 22.1. The Balaban J connectivity index is 1.60. The van der Waals surface area contributed by atoms with Crippen molar-refractivity contribution >= 4 is 34.5 Å². The molecule has 0 fully saturated rings. The molecule has 0 aliphatic carbocycles. The molecule has 1 atom stereocenters. The number of hydrogen-bond donors (Lipinski definition) is 1. The summed E-state index contributed by atoms with van der Waals surface area (Å²) in [7, 11) is 0. The van der Waals surface area contributed by atoms with Crippen LogP contribution >= 0.6 is 23.8 Å². The van der Waals surface area contributed by atoms with E-state index in [1.165, 1.54) is 0 Å². The molecule has 0 saturated carbocycles. The molecule has 3 heterocycles. The number of nitrogens with one attached hydrogen (secondary N) is 1. The van der Waals surface area contributed by atoms with Gasteiger partial charge in [0, 0.05) is 16.3 Å². The molecule has 4 aromatic rings. The van der Waals surface area contributed by atoms with Crippen molar-refractivity contribution in [2.75, 3.05) is 0 Å². The highest BCUT2D eigenvalue weighted by molar-refractivity contribution is 7.80. The van der Waals surface area contributed by atoms with Crippen LogP contribution in [0.4, 0.5) is 0 Å². The second-order valence-electron chi connectivity index (χ2n) is 7.39. The molecule has 160 valence electrons. The number of halogens is 1. The van der Waals surface area contributed by atoms with Gasteiger partial charge in [-0.25, -0.2) is 0 Å². The van der Waals surface area contributed by atoms with Crippen LogP contribution in [0.2, 0.25) is 5.02 Å². The van der Waals surface area contributed by atoms with Crippen molar-refractivity contribution in [3.05, 3.63) is 101 Å². The van der Waals surface area contributed by atoms with Crippen molar-refractivity contribution in [3.8, 4) is 11.4 Å². The van der Waals surface area contributed by atoms with Crippen LogP contribution in [-0.2, 0) is 6.54 Å². The fraction of sp³-hybridized carbons (Fsp3) is 0.125. The van der Waals surface area contributed by atoms with Gasteiger partial charge in [0.2, 0.25) is 5.82 Å². The lowest BCUT2D eigenvalue weighted by Gasteiger charge is -2.37. The van der Waals surface area contributed by atoms with Gasteiger partial charge in [0.25, 0.3) is 5.89 Å². The lowest BCUT2D eigenvalue weighted by atomic mass is 9.95. The van der Waals surface area contributed by atoms with Crippen molar-refractivity contribution in [2.24, 2.45) is 0 Å². The van der Waals surface area contributed by atoms with E-state index >= 15 is 0 Å². The van der Waals surface area contributed by atoms with Gasteiger partial charge in [0.05, 0.1) is 24.4 Å². The van der Waals surface area contributed by atoms with Gasteiger partial charge in [0.15, 0.2) is 5.11 Å². The maximum atomic E-state index is 6.14. The molecule has 0 spiro atoms. The van der Waals surface area contributed by atoms with E-state index in [2.05, 4.69) is 10.5 Å². The monoisotopic (exact) mass is 462 g/mol. The molecule has 32 heavy (non-hydrogen) atoms. The molecule has 0 radical (unpaired) electrons. The maximum Gasteiger partial charge on any atom is 0.258 e. The molecule has 0 saturated heterocycles. The molecule has 1 aliphatic heterocycles. The van der Waals surface area contributed by atoms with E-state index < -0.39 is 0 Å². The Labute approximate surface area is 195 Å². The van der Waals surface area contributed by atoms with E-state index in [1.807, 2.05) is 78.6 Å². The lowest BCUT2D eigenvalue weighted by Crippen LogP contribution is -2.45. The molecule has 2 aromatic heterocycles. The highest BCUT2D eigenvalue weighted by Crippen LogP contribution is 2.38. The highest BCUT2D eigenvalue weighted by Gasteiger charge is 2.34. The zero-order valence-electron chi connectivity index (χ0n) is 17.2. The third kappa shape index (κ3) is 3.92. The predicted octanol–water partition coefficient (Wildman–Crippen LogP) is 5.85. The van der Waals surface area contributed by atoms with Crippen molar-refractivity contribution in [1.82, 2.24) is 20.4 Å². The van der Waals surface area contributed by atoms with E-state index in [4.69, 9.17) is 37.7 Å². The zero-order valence-corrected chi connectivity index (χ0v) is 18.7. The Morgan fingerprint density at radius 3 is 2.69 bits per heavy atom. The van der Waals surface area contributed by atoms with Crippen molar-refractivity contribution in [2.45, 2.75) is 19.5 Å². The summed E-state index contributed by atoms with van der Waals surface area (Å²) in [5.74, 6) is 1.70. The number of hydrogen-bond acceptors (Lipinski definition) is 5. The number of thiocarbonyl (C=S) groups is 1. The van der Waals surface area contributed by atoms with Gasteiger partial charge in [-0.2, -0.15) is 4.98 Å². The average molecular weight is 463 g/mol. The van der Waals surface area contributed by atoms with Gasteiger partial charge in [-0.15, -0.1) is 0 Å². The number of benzene rings is 2. The normalized spacial score (nSPS) is 16.4. The first-order chi connectivity index (χ1) is 15.6. The van der Waals surface area contributed by atoms with Gasteiger partial charge < -0.3 is 19.2 Å². The van der Waals surface area contributed by atoms with E-state index in [1.54, 1.807) is 6.26 Å². The minimum absolute atomic E-state index is 0.232. The van der Waals surface area contributed by atoms with Crippen LogP contribution in [0.25, 0.3) is 17.0 Å². The summed E-state index contributed by atoms with van der Waals surface area (Å²) < 4.78 is 11.3. The van der Waals surface area contributed by atoms with Crippen LogP contribution in [0.3, 0.4) is 0 Å². The maximum absolute atomic E-state index is 6.14. The average Bonchev–Trinajstić information content (AvgIpc) is 3.49. The Morgan fingerprint density at radius 1 is 1.09 bits per heavy atom. The number of aromatic nitrogens is 2. The number of nitrogens with zero attached hydrogens (tertiary/aromatic N) is 3. The lowest BCUT2D eigenvalue weighted by molar-refractivity contribution is 0.382. The van der Waals surface area contributed by atoms with E-state index in [0.717, 1.165) is 28.2 Å². The Morgan fingerprint density at radius 2 is 1.94 bits per heavy atom. The summed E-state index contributed by atoms with van der Waals surface area (Å²) in [4.78, 5) is 6.68. The van der Waals surface area contributed by atoms with Crippen LogP contribution in [0, 0.1) is 0 Å². The first kappa shape index (κ1) is 20.5. The summed E-state index contributed by atoms with van der Waals surface area (Å²) in [5, 5.41) is 8.86. The smallest absolute Gasteiger partial charge is 0.258 e. The van der Waals surface area contributed by atoms with Crippen LogP contribution in [0.15, 0.2) is 87.6 Å². The molecule has 8 heteroatoms. The van der Waals surface area contributed by atoms with Crippen LogP contribution < -0.4 is 5.32 Å². The quantitative estimate of drug-likeness (QED) is 0.373. The van der Waals surface area contributed by atoms with Gasteiger partial charge in [-0.1, -0.05) is 59.2 Å². The van der Waals surface area contributed by atoms with Gasteiger partial charge in [-0.05, 0) is 49.0 Å². The largest absolute Gasteiger partial charge is 0.467 e. The molecule has 1 N–H and O–H groups in total. The summed E-state index contributed by atoms with van der Waals surface area (Å²) in [6, 6.07) is 21.0. The molecule has 0 amide bonds. The predicted molar refractivity (Wildman–Crippen MR) is 127 cm³/mol. The molecule has 0 bridgehead atoms. The fourth-order valence-electron chi connectivity index (χ4n) is 3.78. The van der Waals surface area contributed by atoms with Crippen LogP contribution in [-0.4, -0.2) is 20.2 Å². The van der Waals surface area contributed by atoms with Crippen molar-refractivity contribution < 1.29 is 8.94 Å². The highest BCUT2D eigenvalue weighted by atomic mass is 35.5.